The lowest BCUT2D eigenvalue weighted by molar-refractivity contribution is 0.103. The lowest BCUT2D eigenvalue weighted by Gasteiger charge is -2.02. The first-order chi connectivity index (χ1) is 8.36. The predicted octanol–water partition coefficient (Wildman–Crippen LogP) is 3.06. The van der Waals surface area contributed by atoms with Gasteiger partial charge in [-0.3, -0.25) is 9.78 Å². The van der Waals surface area contributed by atoms with E-state index in [1.165, 1.54) is 12.5 Å². The van der Waals surface area contributed by atoms with Gasteiger partial charge in [0.15, 0.2) is 0 Å². The summed E-state index contributed by atoms with van der Waals surface area (Å²) >= 11 is 0. The molecular formula is C14H9NO2. The minimum absolute atomic E-state index is 0.115. The molecule has 3 rings (SSSR count). The summed E-state index contributed by atoms with van der Waals surface area (Å²) in [6, 6.07) is 11.2. The highest BCUT2D eigenvalue weighted by molar-refractivity contribution is 6.14. The van der Waals surface area contributed by atoms with Crippen LogP contribution in [0.15, 0.2) is 59.5 Å². The van der Waals surface area contributed by atoms with Crippen LogP contribution >= 0.6 is 0 Å². The largest absolute Gasteiger partial charge is 0.472 e. The minimum Gasteiger partial charge on any atom is -0.472 e. The molecule has 3 heteroatoms. The van der Waals surface area contributed by atoms with Crippen LogP contribution in [0.25, 0.3) is 10.8 Å². The number of carbonyl (C=O) groups excluding carboxylic acids is 1. The third-order valence-corrected chi connectivity index (χ3v) is 2.67. The van der Waals surface area contributed by atoms with Crippen molar-refractivity contribution in [2.45, 2.75) is 0 Å². The highest BCUT2D eigenvalue weighted by Gasteiger charge is 2.14. The van der Waals surface area contributed by atoms with Gasteiger partial charge >= 0.3 is 0 Å². The van der Waals surface area contributed by atoms with E-state index in [1.807, 2.05) is 30.3 Å². The van der Waals surface area contributed by atoms with Crippen LogP contribution in [-0.4, -0.2) is 10.8 Å². The molecular weight excluding hydrogens is 214 g/mol. The van der Waals surface area contributed by atoms with Crippen LogP contribution in [-0.2, 0) is 0 Å². The standard InChI is InChI=1S/C14H9NO2/c16-14(11-6-8-17-9-11)13-12-4-2-1-3-10(12)5-7-15-13/h1-9H. The van der Waals surface area contributed by atoms with Gasteiger partial charge in [-0.2, -0.15) is 0 Å². The van der Waals surface area contributed by atoms with E-state index in [1.54, 1.807) is 12.3 Å². The Bertz CT molecular complexity index is 666. The number of nitrogens with zero attached hydrogens (tertiary/aromatic N) is 1. The van der Waals surface area contributed by atoms with E-state index in [-0.39, 0.29) is 5.78 Å². The summed E-state index contributed by atoms with van der Waals surface area (Å²) in [6.07, 6.45) is 4.57. The van der Waals surface area contributed by atoms with Crippen molar-refractivity contribution < 1.29 is 9.21 Å². The first-order valence-corrected chi connectivity index (χ1v) is 5.27. The SMILES string of the molecule is O=C(c1ccoc1)c1nccc2ccccc12. The fourth-order valence-corrected chi connectivity index (χ4v) is 1.83. The molecule has 82 valence electrons. The Kier molecular flexibility index (Phi) is 2.22. The fourth-order valence-electron chi connectivity index (χ4n) is 1.83. The van der Waals surface area contributed by atoms with E-state index in [4.69, 9.17) is 4.42 Å². The highest BCUT2D eigenvalue weighted by atomic mass is 16.3. The Hall–Kier alpha value is -2.42. The van der Waals surface area contributed by atoms with Gasteiger partial charge in [0.05, 0.1) is 11.8 Å². The molecule has 0 spiro atoms. The summed E-state index contributed by atoms with van der Waals surface area (Å²) in [5.41, 5.74) is 0.985. The van der Waals surface area contributed by atoms with E-state index < -0.39 is 0 Å². The zero-order valence-corrected chi connectivity index (χ0v) is 8.96. The normalized spacial score (nSPS) is 10.6. The summed E-state index contributed by atoms with van der Waals surface area (Å²) < 4.78 is 4.92. The quantitative estimate of drug-likeness (QED) is 0.627. The maximum absolute atomic E-state index is 12.2. The Morgan fingerprint density at radius 2 is 2.00 bits per heavy atom. The minimum atomic E-state index is -0.115. The van der Waals surface area contributed by atoms with Crippen molar-refractivity contribution in [3.05, 3.63) is 66.4 Å². The van der Waals surface area contributed by atoms with Crippen LogP contribution in [0.4, 0.5) is 0 Å². The van der Waals surface area contributed by atoms with Gasteiger partial charge in [-0.05, 0) is 17.5 Å². The number of aromatic nitrogens is 1. The van der Waals surface area contributed by atoms with Crippen molar-refractivity contribution >= 4 is 16.6 Å². The Morgan fingerprint density at radius 3 is 2.82 bits per heavy atom. The lowest BCUT2D eigenvalue weighted by atomic mass is 10.0. The summed E-state index contributed by atoms with van der Waals surface area (Å²) in [5, 5.41) is 1.87. The first kappa shape index (κ1) is 9.78. The molecule has 0 saturated carbocycles. The fraction of sp³-hybridized carbons (Fsp3) is 0. The molecule has 2 heterocycles. The molecule has 0 aliphatic carbocycles. The molecule has 3 nitrogen and oxygen atoms in total. The predicted molar refractivity (Wildman–Crippen MR) is 63.9 cm³/mol. The summed E-state index contributed by atoms with van der Waals surface area (Å²) in [5.74, 6) is -0.115. The van der Waals surface area contributed by atoms with Crippen molar-refractivity contribution in [1.82, 2.24) is 4.98 Å². The van der Waals surface area contributed by atoms with Gasteiger partial charge in [-0.25, -0.2) is 0 Å². The van der Waals surface area contributed by atoms with Gasteiger partial charge in [0.25, 0.3) is 0 Å². The van der Waals surface area contributed by atoms with Crippen LogP contribution in [0.1, 0.15) is 16.1 Å². The molecule has 0 radical (unpaired) electrons. The summed E-state index contributed by atoms with van der Waals surface area (Å²) in [6.45, 7) is 0. The van der Waals surface area contributed by atoms with Crippen molar-refractivity contribution in [3.63, 3.8) is 0 Å². The van der Waals surface area contributed by atoms with Gasteiger partial charge < -0.3 is 4.42 Å². The highest BCUT2D eigenvalue weighted by Crippen LogP contribution is 2.19. The topological polar surface area (TPSA) is 43.1 Å². The number of hydrogen-bond acceptors (Lipinski definition) is 3. The van der Waals surface area contributed by atoms with Crippen LogP contribution in [0, 0.1) is 0 Å². The molecule has 0 N–H and O–H groups in total. The molecule has 0 atom stereocenters. The number of hydrogen-bond donors (Lipinski definition) is 0. The van der Waals surface area contributed by atoms with Crippen LogP contribution < -0.4 is 0 Å². The van der Waals surface area contributed by atoms with Crippen molar-refractivity contribution in [1.29, 1.82) is 0 Å². The average Bonchev–Trinajstić information content (AvgIpc) is 2.91. The Morgan fingerprint density at radius 1 is 1.12 bits per heavy atom. The second-order valence-corrected chi connectivity index (χ2v) is 3.72. The number of carbonyl (C=O) groups is 1. The van der Waals surface area contributed by atoms with Crippen LogP contribution in [0.2, 0.25) is 0 Å². The molecule has 3 aromatic rings. The van der Waals surface area contributed by atoms with Crippen LogP contribution in [0.3, 0.4) is 0 Å². The molecule has 0 amide bonds. The van der Waals surface area contributed by atoms with E-state index in [9.17, 15) is 4.79 Å². The number of ketones is 1. The van der Waals surface area contributed by atoms with Gasteiger partial charge in [0, 0.05) is 11.6 Å². The maximum atomic E-state index is 12.2. The molecule has 1 aromatic carbocycles. The zero-order chi connectivity index (χ0) is 11.7. The van der Waals surface area contributed by atoms with Crippen LogP contribution in [0.5, 0.6) is 0 Å². The summed E-state index contributed by atoms with van der Waals surface area (Å²) in [4.78, 5) is 16.4. The molecule has 17 heavy (non-hydrogen) atoms. The van der Waals surface area contributed by atoms with Gasteiger partial charge in [-0.1, -0.05) is 24.3 Å². The molecule has 0 saturated heterocycles. The summed E-state index contributed by atoms with van der Waals surface area (Å²) in [7, 11) is 0. The molecule has 0 bridgehead atoms. The van der Waals surface area contributed by atoms with Crippen molar-refractivity contribution in [2.24, 2.45) is 0 Å². The average molecular weight is 223 g/mol. The van der Waals surface area contributed by atoms with Gasteiger partial charge in [-0.15, -0.1) is 0 Å². The molecule has 0 unspecified atom stereocenters. The second kappa shape index (κ2) is 3.87. The molecule has 0 aliphatic rings. The van der Waals surface area contributed by atoms with Crippen molar-refractivity contribution in [2.75, 3.05) is 0 Å². The third kappa shape index (κ3) is 1.61. The maximum Gasteiger partial charge on any atom is 0.215 e. The van der Waals surface area contributed by atoms with Gasteiger partial charge in [0.2, 0.25) is 5.78 Å². The van der Waals surface area contributed by atoms with E-state index >= 15 is 0 Å². The Balaban J connectivity index is 2.21. The third-order valence-electron chi connectivity index (χ3n) is 2.67. The molecule has 0 aliphatic heterocycles. The first-order valence-electron chi connectivity index (χ1n) is 5.27. The number of fused-ring (bicyclic) bond motifs is 1. The smallest absolute Gasteiger partial charge is 0.215 e. The lowest BCUT2D eigenvalue weighted by Crippen LogP contribution is -2.03. The monoisotopic (exact) mass is 223 g/mol. The number of rotatable bonds is 2. The number of furan rings is 1. The Labute approximate surface area is 97.7 Å². The van der Waals surface area contributed by atoms with Crippen molar-refractivity contribution in [3.8, 4) is 0 Å². The van der Waals surface area contributed by atoms with E-state index in [0.29, 0.717) is 11.3 Å². The number of benzene rings is 1. The van der Waals surface area contributed by atoms with E-state index in [2.05, 4.69) is 4.98 Å². The zero-order valence-electron chi connectivity index (χ0n) is 8.96. The van der Waals surface area contributed by atoms with Gasteiger partial charge in [0.1, 0.15) is 12.0 Å². The second-order valence-electron chi connectivity index (χ2n) is 3.72. The molecule has 2 aromatic heterocycles. The molecule has 0 fully saturated rings. The van der Waals surface area contributed by atoms with E-state index in [0.717, 1.165) is 10.8 Å². The number of pyridine rings is 1.